The van der Waals surface area contributed by atoms with Gasteiger partial charge in [0.25, 0.3) is 5.91 Å². The van der Waals surface area contributed by atoms with E-state index in [4.69, 9.17) is 10.00 Å². The van der Waals surface area contributed by atoms with Crippen LogP contribution in [0.1, 0.15) is 23.7 Å². The summed E-state index contributed by atoms with van der Waals surface area (Å²) < 4.78 is 18.0. The number of carbonyl (C=O) groups excluding carboxylic acids is 1. The minimum Gasteiger partial charge on any atom is -0.494 e. The molecule has 96 valence electrons. The van der Waals surface area contributed by atoms with E-state index < -0.39 is 5.82 Å². The van der Waals surface area contributed by atoms with E-state index in [0.717, 1.165) is 0 Å². The van der Waals surface area contributed by atoms with E-state index >= 15 is 0 Å². The van der Waals surface area contributed by atoms with Gasteiger partial charge in [0.05, 0.1) is 19.6 Å². The molecule has 1 amide bonds. The van der Waals surface area contributed by atoms with Crippen LogP contribution in [0.2, 0.25) is 0 Å². The Labute approximate surface area is 106 Å². The minimum atomic E-state index is -0.512. The summed E-state index contributed by atoms with van der Waals surface area (Å²) in [7, 11) is 2.95. The van der Waals surface area contributed by atoms with Gasteiger partial charge in [0.2, 0.25) is 0 Å². The van der Waals surface area contributed by atoms with Gasteiger partial charge in [-0.1, -0.05) is 0 Å². The fourth-order valence-corrected chi connectivity index (χ4v) is 1.47. The van der Waals surface area contributed by atoms with Gasteiger partial charge in [0, 0.05) is 18.7 Å². The molecular formula is C13H15FN2O2. The Kier molecular flexibility index (Phi) is 4.67. The van der Waals surface area contributed by atoms with Gasteiger partial charge in [-0.15, -0.1) is 0 Å². The maximum atomic E-state index is 13.2. The number of carbonyl (C=O) groups is 1. The molecule has 0 N–H and O–H groups in total. The molecule has 0 saturated heterocycles. The number of nitrogens with zero attached hydrogens (tertiary/aromatic N) is 2. The molecule has 0 radical (unpaired) electrons. The van der Waals surface area contributed by atoms with Crippen LogP contribution in [-0.2, 0) is 0 Å². The Morgan fingerprint density at radius 2 is 2.28 bits per heavy atom. The average Bonchev–Trinajstić information content (AvgIpc) is 2.38. The van der Waals surface area contributed by atoms with Crippen molar-refractivity contribution >= 4 is 5.91 Å². The largest absolute Gasteiger partial charge is 0.494 e. The van der Waals surface area contributed by atoms with Crippen LogP contribution < -0.4 is 4.74 Å². The highest BCUT2D eigenvalue weighted by Gasteiger charge is 2.18. The van der Waals surface area contributed by atoms with Crippen molar-refractivity contribution in [1.82, 2.24) is 4.90 Å². The molecule has 1 aromatic rings. The first-order valence-electron chi connectivity index (χ1n) is 5.49. The zero-order chi connectivity index (χ0) is 13.7. The minimum absolute atomic E-state index is 0.0298. The Morgan fingerprint density at radius 3 is 2.83 bits per heavy atom. The Balaban J connectivity index is 2.94. The van der Waals surface area contributed by atoms with Crippen LogP contribution in [-0.4, -0.2) is 31.0 Å². The van der Waals surface area contributed by atoms with Crippen LogP contribution in [0.3, 0.4) is 0 Å². The first-order chi connectivity index (χ1) is 8.51. The number of benzene rings is 1. The average molecular weight is 250 g/mol. The lowest BCUT2D eigenvalue weighted by Gasteiger charge is -2.23. The van der Waals surface area contributed by atoms with Crippen molar-refractivity contribution in [3.05, 3.63) is 29.6 Å². The van der Waals surface area contributed by atoms with Gasteiger partial charge in [0.1, 0.15) is 0 Å². The predicted octanol–water partition coefficient (Wildman–Crippen LogP) is 2.21. The highest BCUT2D eigenvalue weighted by Crippen LogP contribution is 2.19. The van der Waals surface area contributed by atoms with Gasteiger partial charge in [-0.05, 0) is 25.1 Å². The SMILES string of the molecule is COc1cc(C(=O)N(C)C(C)CC#N)ccc1F. The van der Waals surface area contributed by atoms with Gasteiger partial charge in [-0.3, -0.25) is 4.79 Å². The molecule has 0 heterocycles. The fourth-order valence-electron chi connectivity index (χ4n) is 1.47. The van der Waals surface area contributed by atoms with Crippen LogP contribution in [0.15, 0.2) is 18.2 Å². The van der Waals surface area contributed by atoms with E-state index in [9.17, 15) is 9.18 Å². The third-order valence-electron chi connectivity index (χ3n) is 2.77. The number of halogens is 1. The highest BCUT2D eigenvalue weighted by atomic mass is 19.1. The van der Waals surface area contributed by atoms with Crippen LogP contribution in [0.4, 0.5) is 4.39 Å². The molecule has 1 atom stereocenters. The Bertz CT molecular complexity index is 482. The fraction of sp³-hybridized carbons (Fsp3) is 0.385. The van der Waals surface area contributed by atoms with Crippen molar-refractivity contribution in [3.63, 3.8) is 0 Å². The zero-order valence-electron chi connectivity index (χ0n) is 10.6. The molecule has 0 fully saturated rings. The second-order valence-electron chi connectivity index (χ2n) is 3.98. The van der Waals surface area contributed by atoms with Crippen molar-refractivity contribution in [3.8, 4) is 11.8 Å². The topological polar surface area (TPSA) is 53.3 Å². The number of ether oxygens (including phenoxy) is 1. The molecule has 0 saturated carbocycles. The normalized spacial score (nSPS) is 11.5. The number of hydrogen-bond donors (Lipinski definition) is 0. The molecule has 4 nitrogen and oxygen atoms in total. The summed E-state index contributed by atoms with van der Waals surface area (Å²) in [6.45, 7) is 1.78. The molecule has 1 rings (SSSR count). The summed E-state index contributed by atoms with van der Waals surface area (Å²) in [6.07, 6.45) is 0.251. The van der Waals surface area contributed by atoms with Crippen molar-refractivity contribution in [2.24, 2.45) is 0 Å². The third kappa shape index (κ3) is 2.98. The van der Waals surface area contributed by atoms with Crippen molar-refractivity contribution < 1.29 is 13.9 Å². The first-order valence-corrected chi connectivity index (χ1v) is 5.49. The molecule has 0 aliphatic heterocycles. The summed E-state index contributed by atoms with van der Waals surface area (Å²) >= 11 is 0. The van der Waals surface area contributed by atoms with Crippen LogP contribution in [0.5, 0.6) is 5.75 Å². The van der Waals surface area contributed by atoms with Crippen molar-refractivity contribution in [2.75, 3.05) is 14.2 Å². The third-order valence-corrected chi connectivity index (χ3v) is 2.77. The van der Waals surface area contributed by atoms with E-state index in [1.165, 1.54) is 30.2 Å². The van der Waals surface area contributed by atoms with Gasteiger partial charge >= 0.3 is 0 Å². The molecule has 0 aliphatic rings. The number of nitriles is 1. The van der Waals surface area contributed by atoms with Crippen molar-refractivity contribution in [1.29, 1.82) is 5.26 Å². The second-order valence-corrected chi connectivity index (χ2v) is 3.98. The predicted molar refractivity (Wildman–Crippen MR) is 64.7 cm³/mol. The van der Waals surface area contributed by atoms with E-state index in [1.807, 2.05) is 6.07 Å². The van der Waals surface area contributed by atoms with Crippen LogP contribution in [0.25, 0.3) is 0 Å². The number of amides is 1. The molecular weight excluding hydrogens is 235 g/mol. The van der Waals surface area contributed by atoms with Gasteiger partial charge in [0.15, 0.2) is 11.6 Å². The van der Waals surface area contributed by atoms with E-state index in [1.54, 1.807) is 14.0 Å². The highest BCUT2D eigenvalue weighted by molar-refractivity contribution is 5.94. The number of rotatable bonds is 4. The van der Waals surface area contributed by atoms with E-state index in [0.29, 0.717) is 5.56 Å². The lowest BCUT2D eigenvalue weighted by atomic mass is 10.1. The second kappa shape index (κ2) is 6.01. The Hall–Kier alpha value is -2.09. The summed E-state index contributed by atoms with van der Waals surface area (Å²) in [5.41, 5.74) is 0.334. The van der Waals surface area contributed by atoms with Crippen LogP contribution >= 0.6 is 0 Å². The first kappa shape index (κ1) is 14.0. The molecule has 0 aromatic heterocycles. The van der Waals surface area contributed by atoms with Gasteiger partial charge in [-0.2, -0.15) is 5.26 Å². The molecule has 0 aliphatic carbocycles. The summed E-state index contributed by atoms with van der Waals surface area (Å²) in [5, 5.41) is 8.60. The molecule has 18 heavy (non-hydrogen) atoms. The standard InChI is InChI=1S/C13H15FN2O2/c1-9(6-7-15)16(2)13(17)10-4-5-11(14)12(8-10)18-3/h4-5,8-9H,6H2,1-3H3. The number of hydrogen-bond acceptors (Lipinski definition) is 3. The maximum absolute atomic E-state index is 13.2. The lowest BCUT2D eigenvalue weighted by molar-refractivity contribution is 0.0746. The Morgan fingerprint density at radius 1 is 1.61 bits per heavy atom. The van der Waals surface area contributed by atoms with E-state index in [-0.39, 0.29) is 24.1 Å². The molecule has 1 unspecified atom stereocenters. The summed E-state index contributed by atoms with van der Waals surface area (Å²) in [4.78, 5) is 13.5. The number of methoxy groups -OCH3 is 1. The lowest BCUT2D eigenvalue weighted by Crippen LogP contribution is -2.34. The smallest absolute Gasteiger partial charge is 0.254 e. The monoisotopic (exact) mass is 250 g/mol. The quantitative estimate of drug-likeness (QED) is 0.823. The summed E-state index contributed by atoms with van der Waals surface area (Å²) in [6, 6.07) is 5.75. The van der Waals surface area contributed by atoms with Gasteiger partial charge in [-0.25, -0.2) is 4.39 Å². The van der Waals surface area contributed by atoms with Gasteiger partial charge < -0.3 is 9.64 Å². The van der Waals surface area contributed by atoms with Crippen LogP contribution in [0, 0.1) is 17.1 Å². The van der Waals surface area contributed by atoms with E-state index in [2.05, 4.69) is 0 Å². The van der Waals surface area contributed by atoms with Crippen molar-refractivity contribution in [2.45, 2.75) is 19.4 Å². The molecule has 0 spiro atoms. The summed E-state index contributed by atoms with van der Waals surface area (Å²) in [5.74, 6) is -0.750. The zero-order valence-corrected chi connectivity index (χ0v) is 10.6. The molecule has 0 bridgehead atoms. The molecule has 5 heteroatoms. The maximum Gasteiger partial charge on any atom is 0.254 e. The molecule has 1 aromatic carbocycles.